The Balaban J connectivity index is 1.70. The van der Waals surface area contributed by atoms with Gasteiger partial charge in [-0.05, 0) is 37.1 Å². The molecule has 162 valence electrons. The number of amides is 1. The Morgan fingerprint density at radius 1 is 1.06 bits per heavy atom. The lowest BCUT2D eigenvalue weighted by molar-refractivity contribution is 0.102. The van der Waals surface area contributed by atoms with E-state index in [1.807, 2.05) is 48.9 Å². The first-order valence-electron chi connectivity index (χ1n) is 9.85. The van der Waals surface area contributed by atoms with Gasteiger partial charge in [0.25, 0.3) is 5.91 Å². The maximum Gasteiger partial charge on any atom is 0.259 e. The molecule has 0 atom stereocenters. The number of rotatable bonds is 9. The highest BCUT2D eigenvalue weighted by atomic mass is 32.2. The molecule has 0 aliphatic rings. The fourth-order valence-corrected chi connectivity index (χ4v) is 4.38. The molecule has 1 aromatic heterocycles. The number of carbonyl (C=O) groups excluding carboxylic acids is 1. The van der Waals surface area contributed by atoms with Crippen LogP contribution in [0.3, 0.4) is 0 Å². The van der Waals surface area contributed by atoms with E-state index in [0.717, 1.165) is 11.3 Å². The Kier molecular flexibility index (Phi) is 7.04. The maximum absolute atomic E-state index is 12.9. The number of nitrogens with zero attached hydrogens (tertiary/aromatic N) is 2. The second-order valence-corrected chi connectivity index (χ2v) is 9.04. The highest BCUT2D eigenvalue weighted by molar-refractivity contribution is 7.88. The van der Waals surface area contributed by atoms with Crippen LogP contribution in [0.1, 0.15) is 32.9 Å². The zero-order valence-electron chi connectivity index (χ0n) is 17.6. The predicted molar refractivity (Wildman–Crippen MR) is 122 cm³/mol. The van der Waals surface area contributed by atoms with Crippen molar-refractivity contribution in [1.82, 2.24) is 14.5 Å². The van der Waals surface area contributed by atoms with Crippen molar-refractivity contribution in [2.75, 3.05) is 11.9 Å². The van der Waals surface area contributed by atoms with Gasteiger partial charge in [-0.3, -0.25) is 9.48 Å². The van der Waals surface area contributed by atoms with Gasteiger partial charge in [0, 0.05) is 17.9 Å². The highest BCUT2D eigenvalue weighted by Crippen LogP contribution is 2.18. The van der Waals surface area contributed by atoms with Gasteiger partial charge in [0.05, 0.1) is 23.6 Å². The molecule has 0 saturated carbocycles. The number of hydrogen-bond acceptors (Lipinski definition) is 4. The van der Waals surface area contributed by atoms with E-state index < -0.39 is 10.0 Å². The Bertz CT molecular complexity index is 1170. The van der Waals surface area contributed by atoms with E-state index >= 15 is 0 Å². The number of carbonyl (C=O) groups is 1. The lowest BCUT2D eigenvalue weighted by Crippen LogP contribution is -2.25. The molecule has 31 heavy (non-hydrogen) atoms. The van der Waals surface area contributed by atoms with Crippen molar-refractivity contribution < 1.29 is 13.2 Å². The average Bonchev–Trinajstić information content (AvgIpc) is 3.01. The molecule has 8 heteroatoms. The number of sulfonamides is 1. The molecule has 0 radical (unpaired) electrons. The number of aryl methyl sites for hydroxylation is 1. The van der Waals surface area contributed by atoms with Crippen LogP contribution in [0.5, 0.6) is 0 Å². The summed E-state index contributed by atoms with van der Waals surface area (Å²) in [6.07, 6.45) is 1.49. The third kappa shape index (κ3) is 5.90. The van der Waals surface area contributed by atoms with Crippen molar-refractivity contribution in [3.63, 3.8) is 0 Å². The summed E-state index contributed by atoms with van der Waals surface area (Å²) in [6, 6.07) is 16.7. The molecule has 0 fully saturated rings. The first-order chi connectivity index (χ1) is 14.8. The summed E-state index contributed by atoms with van der Waals surface area (Å²) in [5, 5.41) is 7.39. The fraction of sp³-hybridized carbons (Fsp3) is 0.217. The first-order valence-corrected chi connectivity index (χ1v) is 11.5. The summed E-state index contributed by atoms with van der Waals surface area (Å²) in [5.74, 6) is -0.387. The van der Waals surface area contributed by atoms with E-state index in [4.69, 9.17) is 0 Å². The van der Waals surface area contributed by atoms with Crippen molar-refractivity contribution in [3.8, 4) is 0 Å². The van der Waals surface area contributed by atoms with Crippen LogP contribution in [0.4, 0.5) is 5.69 Å². The molecule has 0 spiro atoms. The van der Waals surface area contributed by atoms with Crippen LogP contribution in [-0.2, 0) is 22.3 Å². The van der Waals surface area contributed by atoms with Gasteiger partial charge in [-0.25, -0.2) is 13.1 Å². The van der Waals surface area contributed by atoms with Gasteiger partial charge in [0.1, 0.15) is 0 Å². The van der Waals surface area contributed by atoms with Gasteiger partial charge in [-0.1, -0.05) is 48.5 Å². The third-order valence-corrected chi connectivity index (χ3v) is 6.12. The van der Waals surface area contributed by atoms with Crippen molar-refractivity contribution in [2.24, 2.45) is 0 Å². The van der Waals surface area contributed by atoms with E-state index in [-0.39, 0.29) is 18.2 Å². The minimum Gasteiger partial charge on any atom is -0.322 e. The van der Waals surface area contributed by atoms with Gasteiger partial charge < -0.3 is 5.32 Å². The molecular weight excluding hydrogens is 412 g/mol. The molecular formula is C23H26N4O3S. The Labute approximate surface area is 182 Å². The molecule has 0 aliphatic carbocycles. The number of anilines is 1. The minimum atomic E-state index is -3.43. The topological polar surface area (TPSA) is 93.1 Å². The van der Waals surface area contributed by atoms with E-state index in [1.165, 1.54) is 6.08 Å². The van der Waals surface area contributed by atoms with Gasteiger partial charge in [0.2, 0.25) is 10.0 Å². The molecule has 3 rings (SSSR count). The standard InChI is InChI=1S/C23H26N4O3S/c1-4-14-24-31(29,30)16-20-10-12-21(13-11-20)25-23(28)22-17(2)26-27(18(22)3)15-19-8-6-5-7-9-19/h4-13,24H,1,14-16H2,2-3H3,(H,25,28). The van der Waals surface area contributed by atoms with Crippen LogP contribution in [-0.4, -0.2) is 30.7 Å². The van der Waals surface area contributed by atoms with Crippen LogP contribution >= 0.6 is 0 Å². The molecule has 7 nitrogen and oxygen atoms in total. The smallest absolute Gasteiger partial charge is 0.259 e. The van der Waals surface area contributed by atoms with E-state index in [9.17, 15) is 13.2 Å². The quantitative estimate of drug-likeness (QED) is 0.501. The molecule has 3 aromatic rings. The highest BCUT2D eigenvalue weighted by Gasteiger charge is 2.19. The predicted octanol–water partition coefficient (Wildman–Crippen LogP) is 3.41. The van der Waals surface area contributed by atoms with Gasteiger partial charge >= 0.3 is 0 Å². The minimum absolute atomic E-state index is 0.139. The zero-order chi connectivity index (χ0) is 22.4. The summed E-state index contributed by atoms with van der Waals surface area (Å²) < 4.78 is 28.2. The monoisotopic (exact) mass is 438 g/mol. The van der Waals surface area contributed by atoms with Crippen LogP contribution in [0.2, 0.25) is 0 Å². The summed E-state index contributed by atoms with van der Waals surface area (Å²) in [7, 11) is -3.43. The molecule has 2 N–H and O–H groups in total. The van der Waals surface area contributed by atoms with Crippen molar-refractivity contribution in [2.45, 2.75) is 26.1 Å². The fourth-order valence-electron chi connectivity index (χ4n) is 3.27. The van der Waals surface area contributed by atoms with Gasteiger partial charge in [-0.15, -0.1) is 6.58 Å². The summed E-state index contributed by atoms with van der Waals surface area (Å²) >= 11 is 0. The van der Waals surface area contributed by atoms with Crippen LogP contribution in [0.15, 0.2) is 67.3 Å². The van der Waals surface area contributed by atoms with E-state index in [2.05, 4.69) is 21.7 Å². The number of benzene rings is 2. The van der Waals surface area contributed by atoms with E-state index in [1.54, 1.807) is 24.3 Å². The van der Waals surface area contributed by atoms with Gasteiger partial charge in [0.15, 0.2) is 0 Å². The number of nitrogens with one attached hydrogen (secondary N) is 2. The Morgan fingerprint density at radius 2 is 1.74 bits per heavy atom. The lowest BCUT2D eigenvalue weighted by atomic mass is 10.1. The molecule has 0 unspecified atom stereocenters. The SMILES string of the molecule is C=CCNS(=O)(=O)Cc1ccc(NC(=O)c2c(C)nn(Cc3ccccc3)c2C)cc1. The van der Waals surface area contributed by atoms with Crippen LogP contribution in [0, 0.1) is 13.8 Å². The Morgan fingerprint density at radius 3 is 2.39 bits per heavy atom. The Hall–Kier alpha value is -3.23. The molecule has 1 heterocycles. The van der Waals surface area contributed by atoms with Crippen LogP contribution in [0.25, 0.3) is 0 Å². The maximum atomic E-state index is 12.9. The summed E-state index contributed by atoms with van der Waals surface area (Å²) in [5.41, 5.74) is 4.29. The number of hydrogen-bond donors (Lipinski definition) is 2. The molecule has 0 bridgehead atoms. The molecule has 2 aromatic carbocycles. The van der Waals surface area contributed by atoms with E-state index in [0.29, 0.717) is 29.1 Å². The lowest BCUT2D eigenvalue weighted by Gasteiger charge is -2.09. The van der Waals surface area contributed by atoms with Crippen molar-refractivity contribution >= 4 is 21.6 Å². The third-order valence-electron chi connectivity index (χ3n) is 4.80. The average molecular weight is 439 g/mol. The normalized spacial score (nSPS) is 11.3. The van der Waals surface area contributed by atoms with Crippen molar-refractivity contribution in [3.05, 3.63) is 95.3 Å². The molecule has 1 amide bonds. The first kappa shape index (κ1) is 22.5. The number of aromatic nitrogens is 2. The molecule has 0 saturated heterocycles. The largest absolute Gasteiger partial charge is 0.322 e. The zero-order valence-corrected chi connectivity index (χ0v) is 18.4. The van der Waals surface area contributed by atoms with Crippen LogP contribution < -0.4 is 10.0 Å². The molecule has 0 aliphatic heterocycles. The van der Waals surface area contributed by atoms with Gasteiger partial charge in [-0.2, -0.15) is 5.10 Å². The second-order valence-electron chi connectivity index (χ2n) is 7.24. The second kappa shape index (κ2) is 9.72. The summed E-state index contributed by atoms with van der Waals surface area (Å²) in [6.45, 7) is 7.96. The summed E-state index contributed by atoms with van der Waals surface area (Å²) in [4.78, 5) is 12.9. The van der Waals surface area contributed by atoms with Crippen molar-refractivity contribution in [1.29, 1.82) is 0 Å².